The Balaban J connectivity index is 1.38. The SMILES string of the molecule is Cc1nc2n(n1)C[C@H](NCc1nc(-c3ccccc3)cs1)CC2. The number of thiazole rings is 1. The van der Waals surface area contributed by atoms with Crippen LogP contribution in [0.1, 0.15) is 23.1 Å². The van der Waals surface area contributed by atoms with Gasteiger partial charge in [-0.15, -0.1) is 11.3 Å². The van der Waals surface area contributed by atoms with E-state index in [1.165, 1.54) is 5.56 Å². The van der Waals surface area contributed by atoms with Gasteiger partial charge in [0.2, 0.25) is 0 Å². The first kappa shape index (κ1) is 14.5. The second kappa shape index (κ2) is 6.22. The molecule has 0 aliphatic carbocycles. The van der Waals surface area contributed by atoms with Crippen molar-refractivity contribution in [3.8, 4) is 11.3 Å². The molecule has 1 N–H and O–H groups in total. The van der Waals surface area contributed by atoms with Gasteiger partial charge >= 0.3 is 0 Å². The van der Waals surface area contributed by atoms with Crippen LogP contribution < -0.4 is 5.32 Å². The first-order chi connectivity index (χ1) is 11.3. The van der Waals surface area contributed by atoms with Crippen molar-refractivity contribution in [2.75, 3.05) is 0 Å². The molecule has 118 valence electrons. The summed E-state index contributed by atoms with van der Waals surface area (Å²) >= 11 is 1.71. The zero-order chi connectivity index (χ0) is 15.6. The lowest BCUT2D eigenvalue weighted by molar-refractivity contribution is 0.357. The molecule has 6 heteroatoms. The largest absolute Gasteiger partial charge is 0.306 e. The van der Waals surface area contributed by atoms with Gasteiger partial charge in [0.25, 0.3) is 0 Å². The summed E-state index contributed by atoms with van der Waals surface area (Å²) in [6.07, 6.45) is 2.10. The van der Waals surface area contributed by atoms with Gasteiger partial charge in [-0.25, -0.2) is 14.6 Å². The molecule has 1 atom stereocenters. The molecule has 1 aliphatic heterocycles. The molecule has 0 amide bonds. The Labute approximate surface area is 139 Å². The number of nitrogens with zero attached hydrogens (tertiary/aromatic N) is 4. The minimum absolute atomic E-state index is 0.438. The van der Waals surface area contributed by atoms with Crippen LogP contribution in [0.2, 0.25) is 0 Å². The van der Waals surface area contributed by atoms with Gasteiger partial charge in [-0.05, 0) is 13.3 Å². The third-order valence-corrected chi connectivity index (χ3v) is 4.98. The lowest BCUT2D eigenvalue weighted by atomic mass is 10.1. The van der Waals surface area contributed by atoms with Crippen molar-refractivity contribution in [3.63, 3.8) is 0 Å². The number of nitrogens with one attached hydrogen (secondary N) is 1. The van der Waals surface area contributed by atoms with Crippen LogP contribution in [-0.4, -0.2) is 25.8 Å². The third-order valence-electron chi connectivity index (χ3n) is 4.13. The van der Waals surface area contributed by atoms with Gasteiger partial charge in [0, 0.05) is 30.0 Å². The molecule has 3 heterocycles. The summed E-state index contributed by atoms with van der Waals surface area (Å²) in [5.74, 6) is 1.98. The van der Waals surface area contributed by atoms with Gasteiger partial charge in [0.05, 0.1) is 12.2 Å². The molecule has 0 fully saturated rings. The minimum Gasteiger partial charge on any atom is -0.306 e. The number of rotatable bonds is 4. The normalized spacial score (nSPS) is 17.2. The maximum Gasteiger partial charge on any atom is 0.147 e. The van der Waals surface area contributed by atoms with Gasteiger partial charge in [0.15, 0.2) is 0 Å². The van der Waals surface area contributed by atoms with E-state index in [9.17, 15) is 0 Å². The zero-order valence-electron chi connectivity index (χ0n) is 13.1. The second-order valence-corrected chi connectivity index (χ2v) is 6.81. The summed E-state index contributed by atoms with van der Waals surface area (Å²) in [6.45, 7) is 3.66. The standard InChI is InChI=1S/C17H19N5S/c1-12-19-16-8-7-14(10-22(16)21-12)18-9-17-20-15(11-23-17)13-5-3-2-4-6-13/h2-6,11,14,18H,7-10H2,1H3/t14-/m1/s1. The van der Waals surface area contributed by atoms with Gasteiger partial charge in [-0.2, -0.15) is 5.10 Å². The van der Waals surface area contributed by atoms with Crippen LogP contribution in [0.25, 0.3) is 11.3 Å². The summed E-state index contributed by atoms with van der Waals surface area (Å²) < 4.78 is 2.04. The summed E-state index contributed by atoms with van der Waals surface area (Å²) in [7, 11) is 0. The molecule has 0 saturated carbocycles. The van der Waals surface area contributed by atoms with Crippen molar-refractivity contribution in [2.45, 2.75) is 38.9 Å². The van der Waals surface area contributed by atoms with Crippen molar-refractivity contribution in [1.29, 1.82) is 0 Å². The molecule has 5 nitrogen and oxygen atoms in total. The van der Waals surface area contributed by atoms with Crippen LogP contribution in [0.4, 0.5) is 0 Å². The molecule has 0 unspecified atom stereocenters. The zero-order valence-corrected chi connectivity index (χ0v) is 13.9. The van der Waals surface area contributed by atoms with E-state index >= 15 is 0 Å². The van der Waals surface area contributed by atoms with Gasteiger partial charge < -0.3 is 5.32 Å². The number of hydrogen-bond acceptors (Lipinski definition) is 5. The molecule has 0 saturated heterocycles. The quantitative estimate of drug-likeness (QED) is 0.801. The Kier molecular flexibility index (Phi) is 3.93. The van der Waals surface area contributed by atoms with Crippen molar-refractivity contribution in [2.24, 2.45) is 0 Å². The van der Waals surface area contributed by atoms with Crippen LogP contribution in [0.5, 0.6) is 0 Å². The molecule has 1 aliphatic rings. The molecule has 0 radical (unpaired) electrons. The molecule has 23 heavy (non-hydrogen) atoms. The average Bonchev–Trinajstić information content (AvgIpc) is 3.18. The number of fused-ring (bicyclic) bond motifs is 1. The number of benzene rings is 1. The molecule has 3 aromatic rings. The first-order valence-electron chi connectivity index (χ1n) is 7.91. The van der Waals surface area contributed by atoms with E-state index in [4.69, 9.17) is 4.98 Å². The maximum absolute atomic E-state index is 4.73. The summed E-state index contributed by atoms with van der Waals surface area (Å²) in [4.78, 5) is 9.19. The molecule has 4 rings (SSSR count). The second-order valence-electron chi connectivity index (χ2n) is 5.87. The number of aryl methyl sites for hydroxylation is 2. The summed E-state index contributed by atoms with van der Waals surface area (Å²) in [6, 6.07) is 10.8. The minimum atomic E-state index is 0.438. The Morgan fingerprint density at radius 3 is 3.00 bits per heavy atom. The van der Waals surface area contributed by atoms with E-state index in [-0.39, 0.29) is 0 Å². The van der Waals surface area contributed by atoms with Crippen LogP contribution in [0, 0.1) is 6.92 Å². The molecule has 2 aromatic heterocycles. The number of hydrogen-bond donors (Lipinski definition) is 1. The van der Waals surface area contributed by atoms with Crippen molar-refractivity contribution < 1.29 is 0 Å². The first-order valence-corrected chi connectivity index (χ1v) is 8.79. The van der Waals surface area contributed by atoms with E-state index in [0.717, 1.165) is 48.3 Å². The maximum atomic E-state index is 4.73. The number of aromatic nitrogens is 4. The van der Waals surface area contributed by atoms with E-state index in [0.29, 0.717) is 6.04 Å². The van der Waals surface area contributed by atoms with Crippen molar-refractivity contribution in [3.05, 3.63) is 52.4 Å². The van der Waals surface area contributed by atoms with Crippen molar-refractivity contribution >= 4 is 11.3 Å². The lowest BCUT2D eigenvalue weighted by Gasteiger charge is -2.23. The van der Waals surface area contributed by atoms with E-state index in [2.05, 4.69) is 32.9 Å². The van der Waals surface area contributed by atoms with Crippen LogP contribution in [-0.2, 0) is 19.5 Å². The van der Waals surface area contributed by atoms with Crippen LogP contribution in [0.15, 0.2) is 35.7 Å². The smallest absolute Gasteiger partial charge is 0.147 e. The highest BCUT2D eigenvalue weighted by atomic mass is 32.1. The van der Waals surface area contributed by atoms with E-state index < -0.39 is 0 Å². The topological polar surface area (TPSA) is 55.6 Å². The predicted molar refractivity (Wildman–Crippen MR) is 91.3 cm³/mol. The highest BCUT2D eigenvalue weighted by molar-refractivity contribution is 7.09. The summed E-state index contributed by atoms with van der Waals surface area (Å²) in [5.41, 5.74) is 2.24. The van der Waals surface area contributed by atoms with E-state index in [1.54, 1.807) is 11.3 Å². The third kappa shape index (κ3) is 3.18. The van der Waals surface area contributed by atoms with Crippen LogP contribution in [0.3, 0.4) is 0 Å². The Morgan fingerprint density at radius 1 is 1.26 bits per heavy atom. The molecule has 1 aromatic carbocycles. The predicted octanol–water partition coefficient (Wildman–Crippen LogP) is 2.81. The molecule has 0 bridgehead atoms. The van der Waals surface area contributed by atoms with Gasteiger partial charge in [0.1, 0.15) is 16.7 Å². The van der Waals surface area contributed by atoms with Gasteiger partial charge in [-0.3, -0.25) is 0 Å². The molecule has 0 spiro atoms. The highest BCUT2D eigenvalue weighted by Gasteiger charge is 2.20. The molecular formula is C17H19N5S. The lowest BCUT2D eigenvalue weighted by Crippen LogP contribution is -2.37. The monoisotopic (exact) mass is 325 g/mol. The average molecular weight is 325 g/mol. The summed E-state index contributed by atoms with van der Waals surface area (Å²) in [5, 5.41) is 11.3. The fourth-order valence-corrected chi connectivity index (χ4v) is 3.72. The molecular weight excluding hydrogens is 306 g/mol. The Bertz CT molecular complexity index is 792. The van der Waals surface area contributed by atoms with E-state index in [1.807, 2.05) is 29.8 Å². The fourth-order valence-electron chi connectivity index (χ4n) is 2.97. The fraction of sp³-hybridized carbons (Fsp3) is 0.353. The Morgan fingerprint density at radius 2 is 2.13 bits per heavy atom. The van der Waals surface area contributed by atoms with Crippen LogP contribution >= 0.6 is 11.3 Å². The van der Waals surface area contributed by atoms with Gasteiger partial charge in [-0.1, -0.05) is 30.3 Å². The highest BCUT2D eigenvalue weighted by Crippen LogP contribution is 2.22. The van der Waals surface area contributed by atoms with Crippen molar-refractivity contribution in [1.82, 2.24) is 25.1 Å². The Hall–Kier alpha value is -2.05.